The van der Waals surface area contributed by atoms with Gasteiger partial charge >= 0.3 is 0 Å². The van der Waals surface area contributed by atoms with E-state index in [9.17, 15) is 4.79 Å². The van der Waals surface area contributed by atoms with Crippen molar-refractivity contribution in [3.05, 3.63) is 60.2 Å². The first-order valence-electron chi connectivity index (χ1n) is 9.57. The third kappa shape index (κ3) is 3.35. The summed E-state index contributed by atoms with van der Waals surface area (Å²) in [7, 11) is 0. The molecule has 0 radical (unpaired) electrons. The Morgan fingerprint density at radius 3 is 2.75 bits per heavy atom. The van der Waals surface area contributed by atoms with Gasteiger partial charge in [0, 0.05) is 36.8 Å². The van der Waals surface area contributed by atoms with Gasteiger partial charge in [-0.25, -0.2) is 0 Å². The highest BCUT2D eigenvalue weighted by Crippen LogP contribution is 2.39. The van der Waals surface area contributed by atoms with Crippen LogP contribution in [0.1, 0.15) is 41.4 Å². The smallest absolute Gasteiger partial charge is 0.261 e. The largest absolute Gasteiger partial charge is 0.488 e. The number of carbonyl (C=O) groups excluding carboxylic acids is 1. The van der Waals surface area contributed by atoms with E-state index in [4.69, 9.17) is 9.26 Å². The van der Waals surface area contributed by atoms with Gasteiger partial charge in [-0.2, -0.15) is 4.98 Å². The predicted octanol–water partition coefficient (Wildman–Crippen LogP) is 3.30. The molecular weight excluding hydrogens is 356 g/mol. The normalized spacial score (nSPS) is 19.0. The maximum absolute atomic E-state index is 12.6. The van der Waals surface area contributed by atoms with Crippen molar-refractivity contribution < 1.29 is 14.1 Å². The lowest BCUT2D eigenvalue weighted by Crippen LogP contribution is -2.31. The number of ether oxygens (including phenoxy) is 1. The molecule has 7 nitrogen and oxygen atoms in total. The summed E-state index contributed by atoms with van der Waals surface area (Å²) in [6.07, 6.45) is 6.23. The minimum atomic E-state index is -0.0715. The lowest BCUT2D eigenvalue weighted by atomic mass is 10.2. The van der Waals surface area contributed by atoms with Gasteiger partial charge in [0.25, 0.3) is 11.8 Å². The van der Waals surface area contributed by atoms with Gasteiger partial charge in [-0.1, -0.05) is 17.3 Å². The van der Waals surface area contributed by atoms with Crippen molar-refractivity contribution in [3.63, 3.8) is 0 Å². The minimum Gasteiger partial charge on any atom is -0.488 e. The molecule has 0 bridgehead atoms. The molecule has 2 aromatic heterocycles. The van der Waals surface area contributed by atoms with Gasteiger partial charge in [-0.15, -0.1) is 0 Å². The van der Waals surface area contributed by atoms with E-state index >= 15 is 0 Å². The van der Waals surface area contributed by atoms with Crippen LogP contribution in [0.5, 0.6) is 5.75 Å². The van der Waals surface area contributed by atoms with E-state index in [1.165, 1.54) is 0 Å². The zero-order valence-electron chi connectivity index (χ0n) is 15.3. The molecular formula is C21H20N4O3. The molecule has 28 heavy (non-hydrogen) atoms. The highest BCUT2D eigenvalue weighted by atomic mass is 16.5. The second-order valence-corrected chi connectivity index (χ2v) is 7.24. The molecule has 1 aromatic carbocycles. The standard InChI is InChI=1S/C21H20N4O3/c26-21(15-7-10-22-11-8-15)25-12-9-16(13-25)27-18-4-2-1-3-17(18)20-23-19(24-28-20)14-5-6-14/h1-4,7-8,10-11,14,16H,5-6,9,12-13H2. The van der Waals surface area contributed by atoms with Crippen LogP contribution in [0.3, 0.4) is 0 Å². The van der Waals surface area contributed by atoms with Crippen molar-refractivity contribution in [2.75, 3.05) is 13.1 Å². The minimum absolute atomic E-state index is 0.00719. The fourth-order valence-corrected chi connectivity index (χ4v) is 3.46. The van der Waals surface area contributed by atoms with Gasteiger partial charge in [0.2, 0.25) is 0 Å². The highest BCUT2D eigenvalue weighted by molar-refractivity contribution is 5.94. The zero-order valence-corrected chi connectivity index (χ0v) is 15.3. The van der Waals surface area contributed by atoms with Gasteiger partial charge in [-0.3, -0.25) is 9.78 Å². The number of pyridine rings is 1. The van der Waals surface area contributed by atoms with Crippen LogP contribution in [0.4, 0.5) is 0 Å². The molecule has 142 valence electrons. The maximum atomic E-state index is 12.6. The van der Waals surface area contributed by atoms with E-state index in [1.807, 2.05) is 29.2 Å². The lowest BCUT2D eigenvalue weighted by Gasteiger charge is -2.18. The van der Waals surface area contributed by atoms with Crippen LogP contribution in [-0.4, -0.2) is 45.1 Å². The Labute approximate surface area is 162 Å². The molecule has 0 N–H and O–H groups in total. The number of hydrogen-bond acceptors (Lipinski definition) is 6. The Balaban J connectivity index is 1.30. The van der Waals surface area contributed by atoms with Crippen molar-refractivity contribution in [2.24, 2.45) is 0 Å². The number of carbonyl (C=O) groups is 1. The molecule has 1 aliphatic heterocycles. The molecule has 1 unspecified atom stereocenters. The molecule has 1 atom stereocenters. The molecule has 1 saturated heterocycles. The fourth-order valence-electron chi connectivity index (χ4n) is 3.46. The van der Waals surface area contributed by atoms with Crippen molar-refractivity contribution in [2.45, 2.75) is 31.3 Å². The van der Waals surface area contributed by atoms with Crippen molar-refractivity contribution in [1.82, 2.24) is 20.0 Å². The van der Waals surface area contributed by atoms with Gasteiger partial charge < -0.3 is 14.2 Å². The summed E-state index contributed by atoms with van der Waals surface area (Å²) in [4.78, 5) is 22.9. The van der Waals surface area contributed by atoms with Gasteiger partial charge in [0.05, 0.1) is 12.1 Å². The van der Waals surface area contributed by atoms with Gasteiger partial charge in [0.1, 0.15) is 11.9 Å². The number of rotatable bonds is 5. The van der Waals surface area contributed by atoms with E-state index in [1.54, 1.807) is 24.5 Å². The van der Waals surface area contributed by atoms with E-state index in [0.717, 1.165) is 30.7 Å². The summed E-state index contributed by atoms with van der Waals surface area (Å²) < 4.78 is 11.7. The molecule has 5 rings (SSSR count). The molecule has 1 saturated carbocycles. The van der Waals surface area contributed by atoms with E-state index in [0.29, 0.717) is 36.2 Å². The first-order valence-corrected chi connectivity index (χ1v) is 9.57. The Hall–Kier alpha value is -3.22. The maximum Gasteiger partial charge on any atom is 0.261 e. The SMILES string of the molecule is O=C(c1ccncc1)N1CCC(Oc2ccccc2-c2nc(C3CC3)no2)C1. The topological polar surface area (TPSA) is 81.4 Å². The molecule has 3 aromatic rings. The van der Waals surface area contributed by atoms with Gasteiger partial charge in [-0.05, 0) is 37.1 Å². The zero-order chi connectivity index (χ0) is 18.9. The first kappa shape index (κ1) is 16.9. The Morgan fingerprint density at radius 1 is 1.11 bits per heavy atom. The molecule has 7 heteroatoms. The fraction of sp³-hybridized carbons (Fsp3) is 0.333. The second-order valence-electron chi connectivity index (χ2n) is 7.24. The summed E-state index contributed by atoms with van der Waals surface area (Å²) in [5, 5.41) is 4.10. The highest BCUT2D eigenvalue weighted by Gasteiger charge is 2.31. The average Bonchev–Trinajstić information content (AvgIpc) is 3.29. The number of amides is 1. The summed E-state index contributed by atoms with van der Waals surface area (Å²) in [6, 6.07) is 11.2. The monoisotopic (exact) mass is 376 g/mol. The van der Waals surface area contributed by atoms with Crippen LogP contribution in [0, 0.1) is 0 Å². The van der Waals surface area contributed by atoms with Crippen LogP contribution in [0.25, 0.3) is 11.5 Å². The van der Waals surface area contributed by atoms with E-state index < -0.39 is 0 Å². The lowest BCUT2D eigenvalue weighted by molar-refractivity contribution is 0.0772. The molecule has 0 spiro atoms. The summed E-state index contributed by atoms with van der Waals surface area (Å²) in [6.45, 7) is 1.22. The second kappa shape index (κ2) is 7.07. The number of hydrogen-bond donors (Lipinski definition) is 0. The van der Waals surface area contributed by atoms with E-state index in [2.05, 4.69) is 15.1 Å². The Bertz CT molecular complexity index is 984. The summed E-state index contributed by atoms with van der Waals surface area (Å²) >= 11 is 0. The first-order chi connectivity index (χ1) is 13.8. The van der Waals surface area contributed by atoms with Crippen molar-refractivity contribution in [3.8, 4) is 17.2 Å². The molecule has 2 aliphatic rings. The number of benzene rings is 1. The molecule has 1 aliphatic carbocycles. The van der Waals surface area contributed by atoms with Crippen molar-refractivity contribution in [1.29, 1.82) is 0 Å². The number of para-hydroxylation sites is 1. The van der Waals surface area contributed by atoms with Crippen LogP contribution < -0.4 is 4.74 Å². The summed E-state index contributed by atoms with van der Waals surface area (Å²) in [5.41, 5.74) is 1.44. The Kier molecular flexibility index (Phi) is 4.27. The van der Waals surface area contributed by atoms with Gasteiger partial charge in [0.15, 0.2) is 5.82 Å². The summed E-state index contributed by atoms with van der Waals surface area (Å²) in [5.74, 6) is 2.41. The van der Waals surface area contributed by atoms with Crippen LogP contribution in [0.2, 0.25) is 0 Å². The average molecular weight is 376 g/mol. The van der Waals surface area contributed by atoms with Crippen LogP contribution >= 0.6 is 0 Å². The molecule has 1 amide bonds. The third-order valence-electron chi connectivity index (χ3n) is 5.15. The van der Waals surface area contributed by atoms with Crippen molar-refractivity contribution >= 4 is 5.91 Å². The quantitative estimate of drug-likeness (QED) is 0.680. The number of aromatic nitrogens is 3. The predicted molar refractivity (Wildman–Crippen MR) is 101 cm³/mol. The number of nitrogens with zero attached hydrogens (tertiary/aromatic N) is 4. The number of likely N-dealkylation sites (tertiary alicyclic amines) is 1. The molecule has 3 heterocycles. The van der Waals surface area contributed by atoms with Crippen LogP contribution in [-0.2, 0) is 0 Å². The van der Waals surface area contributed by atoms with E-state index in [-0.39, 0.29) is 12.0 Å². The Morgan fingerprint density at radius 2 is 1.93 bits per heavy atom. The molecule has 2 fully saturated rings. The van der Waals surface area contributed by atoms with Crippen LogP contribution in [0.15, 0.2) is 53.3 Å². The third-order valence-corrected chi connectivity index (χ3v) is 5.15.